The zero-order valence-electron chi connectivity index (χ0n) is 15.3. The number of hydrogen-bond donors (Lipinski definition) is 1. The van der Waals surface area contributed by atoms with Crippen LogP contribution in [0.1, 0.15) is 39.3 Å². The number of carbonyl (C=O) groups excluding carboxylic acids is 2. The van der Waals surface area contributed by atoms with Crippen molar-refractivity contribution in [2.75, 3.05) is 20.6 Å². The first-order valence-corrected chi connectivity index (χ1v) is 8.44. The molecule has 0 spiro atoms. The fraction of sp³-hybridized carbons (Fsp3) is 0.667. The van der Waals surface area contributed by atoms with E-state index in [1.807, 2.05) is 20.8 Å². The van der Waals surface area contributed by atoms with Crippen LogP contribution in [-0.4, -0.2) is 47.3 Å². The van der Waals surface area contributed by atoms with Gasteiger partial charge in [-0.1, -0.05) is 20.8 Å². The summed E-state index contributed by atoms with van der Waals surface area (Å²) >= 11 is 0. The summed E-state index contributed by atoms with van der Waals surface area (Å²) in [6, 6.07) is 0. The van der Waals surface area contributed by atoms with Crippen molar-refractivity contribution in [2.45, 2.75) is 40.0 Å². The van der Waals surface area contributed by atoms with Crippen LogP contribution in [0.4, 0.5) is 0 Å². The van der Waals surface area contributed by atoms with Crippen LogP contribution in [0, 0.1) is 16.7 Å². The number of carbonyl (C=O) groups is 2. The van der Waals surface area contributed by atoms with Crippen LogP contribution in [0.5, 0.6) is 0 Å². The molecule has 1 aliphatic carbocycles. The molecular formula is C18H28N4O2. The highest BCUT2D eigenvalue weighted by atomic mass is 16.2. The molecule has 6 heteroatoms. The molecule has 6 nitrogen and oxygen atoms in total. The van der Waals surface area contributed by atoms with E-state index in [1.165, 1.54) is 0 Å². The van der Waals surface area contributed by atoms with Crippen molar-refractivity contribution in [3.8, 4) is 0 Å². The summed E-state index contributed by atoms with van der Waals surface area (Å²) in [7, 11) is 3.55. The Balaban J connectivity index is 2.01. The van der Waals surface area contributed by atoms with Crippen LogP contribution in [0.15, 0.2) is 18.6 Å². The van der Waals surface area contributed by atoms with E-state index >= 15 is 0 Å². The molecule has 1 N–H and O–H groups in total. The van der Waals surface area contributed by atoms with Crippen LogP contribution in [0.3, 0.4) is 0 Å². The topological polar surface area (TPSA) is 75.2 Å². The summed E-state index contributed by atoms with van der Waals surface area (Å²) in [5, 5.41) is 3.03. The molecule has 1 aliphatic rings. The van der Waals surface area contributed by atoms with Gasteiger partial charge in [-0.05, 0) is 18.3 Å². The second-order valence-corrected chi connectivity index (χ2v) is 7.58. The molecule has 132 valence electrons. The van der Waals surface area contributed by atoms with Gasteiger partial charge in [0.25, 0.3) is 0 Å². The van der Waals surface area contributed by atoms with E-state index in [9.17, 15) is 9.59 Å². The quantitative estimate of drug-likeness (QED) is 0.890. The van der Waals surface area contributed by atoms with E-state index < -0.39 is 5.41 Å². The van der Waals surface area contributed by atoms with Gasteiger partial charge in [0.1, 0.15) is 0 Å². The Hall–Kier alpha value is -1.98. The molecule has 0 radical (unpaired) electrons. The van der Waals surface area contributed by atoms with E-state index in [-0.39, 0.29) is 23.1 Å². The van der Waals surface area contributed by atoms with E-state index in [0.29, 0.717) is 13.0 Å². The maximum Gasteiger partial charge on any atom is 0.226 e. The minimum atomic E-state index is -0.550. The van der Waals surface area contributed by atoms with E-state index in [2.05, 4.69) is 15.3 Å². The highest BCUT2D eigenvalue weighted by Gasteiger charge is 2.58. The Bertz CT molecular complexity index is 600. The molecule has 0 aliphatic heterocycles. The number of hydrogen-bond acceptors (Lipinski definition) is 4. The third-order valence-electron chi connectivity index (χ3n) is 5.75. The Morgan fingerprint density at radius 1 is 1.29 bits per heavy atom. The maximum absolute atomic E-state index is 12.8. The first kappa shape index (κ1) is 18.4. The Morgan fingerprint density at radius 3 is 2.58 bits per heavy atom. The minimum Gasteiger partial charge on any atom is -0.355 e. The summed E-state index contributed by atoms with van der Waals surface area (Å²) in [6.45, 7) is 6.58. The van der Waals surface area contributed by atoms with Gasteiger partial charge in [0.2, 0.25) is 11.8 Å². The molecule has 1 aromatic heterocycles. The van der Waals surface area contributed by atoms with Crippen LogP contribution in [-0.2, 0) is 16.0 Å². The first-order valence-electron chi connectivity index (χ1n) is 8.44. The number of nitrogens with zero attached hydrogens (tertiary/aromatic N) is 3. The zero-order chi connectivity index (χ0) is 18.0. The molecule has 1 heterocycles. The number of rotatable bonds is 5. The van der Waals surface area contributed by atoms with Crippen molar-refractivity contribution in [1.29, 1.82) is 0 Å². The fourth-order valence-electron chi connectivity index (χ4n) is 3.61. The minimum absolute atomic E-state index is 0.0189. The lowest BCUT2D eigenvalue weighted by atomic mass is 9.65. The SMILES string of the molecule is CN(C)C(=O)[C@@H]1CC[C@](C)(C(=O)NCCc2cnccn2)C1(C)C. The third-order valence-corrected chi connectivity index (χ3v) is 5.75. The molecule has 0 saturated heterocycles. The van der Waals surface area contributed by atoms with Crippen molar-refractivity contribution in [3.63, 3.8) is 0 Å². The molecule has 2 atom stereocenters. The van der Waals surface area contributed by atoms with Crippen LogP contribution >= 0.6 is 0 Å². The van der Waals surface area contributed by atoms with Gasteiger partial charge in [0.05, 0.1) is 11.1 Å². The molecule has 1 aromatic rings. The summed E-state index contributed by atoms with van der Waals surface area (Å²) in [5.41, 5.74) is -0.0780. The lowest BCUT2D eigenvalue weighted by Gasteiger charge is -2.40. The molecule has 1 saturated carbocycles. The van der Waals surface area contributed by atoms with Gasteiger partial charge in [-0.25, -0.2) is 0 Å². The predicted octanol–water partition coefficient (Wildman–Crippen LogP) is 1.67. The summed E-state index contributed by atoms with van der Waals surface area (Å²) in [5.74, 6) is 0.00442. The van der Waals surface area contributed by atoms with Crippen molar-refractivity contribution >= 4 is 11.8 Å². The highest BCUT2D eigenvalue weighted by Crippen LogP contribution is 2.56. The molecule has 0 aromatic carbocycles. The van der Waals surface area contributed by atoms with Gasteiger partial charge >= 0.3 is 0 Å². The van der Waals surface area contributed by atoms with E-state index in [1.54, 1.807) is 37.6 Å². The number of amides is 2. The van der Waals surface area contributed by atoms with Crippen molar-refractivity contribution < 1.29 is 9.59 Å². The van der Waals surface area contributed by atoms with Gasteiger partial charge in [-0.2, -0.15) is 0 Å². The molecule has 2 amide bonds. The average Bonchev–Trinajstić information content (AvgIpc) is 2.78. The second-order valence-electron chi connectivity index (χ2n) is 7.58. The van der Waals surface area contributed by atoms with Gasteiger partial charge in [-0.3, -0.25) is 19.6 Å². The second kappa shape index (κ2) is 6.87. The maximum atomic E-state index is 12.8. The lowest BCUT2D eigenvalue weighted by molar-refractivity contribution is -0.142. The number of nitrogens with one attached hydrogen (secondary N) is 1. The Labute approximate surface area is 144 Å². The van der Waals surface area contributed by atoms with Crippen LogP contribution in [0.2, 0.25) is 0 Å². The Kier molecular flexibility index (Phi) is 5.26. The van der Waals surface area contributed by atoms with Gasteiger partial charge in [-0.15, -0.1) is 0 Å². The molecule has 2 rings (SSSR count). The standard InChI is InChI=1S/C18H28N4O2/c1-17(2)14(15(23)22(4)5)6-8-18(17,3)16(24)21-9-7-13-12-19-10-11-20-13/h10-12,14H,6-9H2,1-5H3,(H,21,24)/t14-,18+/m0/s1. The van der Waals surface area contributed by atoms with Gasteiger partial charge in [0.15, 0.2) is 0 Å². The van der Waals surface area contributed by atoms with Crippen LogP contribution in [0.25, 0.3) is 0 Å². The van der Waals surface area contributed by atoms with Crippen molar-refractivity contribution in [3.05, 3.63) is 24.3 Å². The summed E-state index contributed by atoms with van der Waals surface area (Å²) in [6.07, 6.45) is 7.11. The van der Waals surface area contributed by atoms with Gasteiger partial charge < -0.3 is 10.2 Å². The highest BCUT2D eigenvalue weighted by molar-refractivity contribution is 5.87. The normalized spacial score (nSPS) is 25.3. The predicted molar refractivity (Wildman–Crippen MR) is 92.1 cm³/mol. The molecular weight excluding hydrogens is 304 g/mol. The molecule has 0 bridgehead atoms. The molecule has 0 unspecified atom stereocenters. The van der Waals surface area contributed by atoms with Crippen molar-refractivity contribution in [1.82, 2.24) is 20.2 Å². The zero-order valence-corrected chi connectivity index (χ0v) is 15.3. The van der Waals surface area contributed by atoms with Crippen LogP contribution < -0.4 is 5.32 Å². The number of aromatic nitrogens is 2. The largest absolute Gasteiger partial charge is 0.355 e. The summed E-state index contributed by atoms with van der Waals surface area (Å²) in [4.78, 5) is 35.2. The van der Waals surface area contributed by atoms with Gasteiger partial charge in [0, 0.05) is 51.6 Å². The Morgan fingerprint density at radius 2 is 2.00 bits per heavy atom. The molecule has 24 heavy (non-hydrogen) atoms. The van der Waals surface area contributed by atoms with E-state index in [0.717, 1.165) is 18.5 Å². The smallest absolute Gasteiger partial charge is 0.226 e. The van der Waals surface area contributed by atoms with E-state index in [4.69, 9.17) is 0 Å². The average molecular weight is 332 g/mol. The van der Waals surface area contributed by atoms with Crippen molar-refractivity contribution in [2.24, 2.45) is 16.7 Å². The third kappa shape index (κ3) is 3.28. The fourth-order valence-corrected chi connectivity index (χ4v) is 3.61. The molecule has 1 fully saturated rings. The first-order chi connectivity index (χ1) is 11.2. The monoisotopic (exact) mass is 332 g/mol. The summed E-state index contributed by atoms with van der Waals surface area (Å²) < 4.78 is 0. The lowest BCUT2D eigenvalue weighted by Crippen LogP contribution is -2.49.